The van der Waals surface area contributed by atoms with Crippen molar-refractivity contribution in [2.45, 2.75) is 18.9 Å². The third kappa shape index (κ3) is 2.20. The first-order chi connectivity index (χ1) is 8.30. The molecule has 0 amide bonds. The Morgan fingerprint density at radius 3 is 3.06 bits per heavy atom. The van der Waals surface area contributed by atoms with Crippen LogP contribution in [0.1, 0.15) is 18.4 Å². The van der Waals surface area contributed by atoms with E-state index in [4.69, 9.17) is 15.7 Å². The second-order valence-corrected chi connectivity index (χ2v) is 4.22. The van der Waals surface area contributed by atoms with Crippen LogP contribution in [-0.4, -0.2) is 26.2 Å². The van der Waals surface area contributed by atoms with Crippen LogP contribution in [0.5, 0.6) is 5.75 Å². The van der Waals surface area contributed by atoms with Gasteiger partial charge in [0.05, 0.1) is 18.4 Å². The molecule has 0 radical (unpaired) electrons. The first-order valence-electron chi connectivity index (χ1n) is 5.85. The van der Waals surface area contributed by atoms with Crippen molar-refractivity contribution in [1.82, 2.24) is 0 Å². The van der Waals surface area contributed by atoms with Crippen LogP contribution in [0, 0.1) is 11.3 Å². The zero-order chi connectivity index (χ0) is 12.3. The number of ether oxygens (including phenoxy) is 1. The van der Waals surface area contributed by atoms with E-state index >= 15 is 0 Å². The molecule has 2 N–H and O–H groups in total. The zero-order valence-corrected chi connectivity index (χ0v) is 10.0. The molecule has 1 heterocycles. The van der Waals surface area contributed by atoms with Crippen molar-refractivity contribution in [3.05, 3.63) is 23.8 Å². The molecule has 1 aromatic carbocycles. The van der Waals surface area contributed by atoms with Crippen molar-refractivity contribution in [3.63, 3.8) is 0 Å². The lowest BCUT2D eigenvalue weighted by Crippen LogP contribution is -2.35. The van der Waals surface area contributed by atoms with E-state index in [1.54, 1.807) is 13.2 Å². The maximum atomic E-state index is 9.15. The molecule has 17 heavy (non-hydrogen) atoms. The van der Waals surface area contributed by atoms with E-state index in [0.29, 0.717) is 18.2 Å². The van der Waals surface area contributed by atoms with E-state index in [1.807, 2.05) is 12.1 Å². The molecular formula is C13H17N3O. The summed E-state index contributed by atoms with van der Waals surface area (Å²) < 4.78 is 5.22. The minimum Gasteiger partial charge on any atom is -0.497 e. The summed E-state index contributed by atoms with van der Waals surface area (Å²) in [6, 6.07) is 8.12. The highest BCUT2D eigenvalue weighted by molar-refractivity contribution is 5.63. The van der Waals surface area contributed by atoms with Gasteiger partial charge in [-0.3, -0.25) is 0 Å². The number of nitriles is 1. The molecule has 2 rings (SSSR count). The second kappa shape index (κ2) is 5.07. The van der Waals surface area contributed by atoms with Crippen molar-refractivity contribution in [3.8, 4) is 11.8 Å². The van der Waals surface area contributed by atoms with Crippen molar-refractivity contribution < 1.29 is 4.74 Å². The molecule has 1 saturated heterocycles. The van der Waals surface area contributed by atoms with E-state index in [1.165, 1.54) is 0 Å². The molecule has 1 aromatic rings. The topological polar surface area (TPSA) is 62.3 Å². The summed E-state index contributed by atoms with van der Waals surface area (Å²) >= 11 is 0. The maximum Gasteiger partial charge on any atom is 0.121 e. The number of benzene rings is 1. The monoisotopic (exact) mass is 231 g/mol. The number of hydrogen-bond donors (Lipinski definition) is 1. The fourth-order valence-corrected chi connectivity index (χ4v) is 2.37. The van der Waals surface area contributed by atoms with Gasteiger partial charge in [0.2, 0.25) is 0 Å². The highest BCUT2D eigenvalue weighted by Crippen LogP contribution is 2.31. The third-order valence-electron chi connectivity index (χ3n) is 3.28. The smallest absolute Gasteiger partial charge is 0.121 e. The minimum absolute atomic E-state index is 0.342. The molecule has 4 heteroatoms. The Kier molecular flexibility index (Phi) is 3.50. The lowest BCUT2D eigenvalue weighted by molar-refractivity contribution is 0.414. The number of rotatable bonds is 3. The minimum atomic E-state index is 0.342. The van der Waals surface area contributed by atoms with E-state index in [-0.39, 0.29) is 0 Å². The Labute approximate surface area is 102 Å². The Hall–Kier alpha value is -1.73. The number of nitrogens with two attached hydrogens (primary N) is 1. The largest absolute Gasteiger partial charge is 0.497 e. The Morgan fingerprint density at radius 2 is 2.41 bits per heavy atom. The molecule has 0 spiro atoms. The molecule has 1 unspecified atom stereocenters. The molecule has 0 aliphatic carbocycles. The van der Waals surface area contributed by atoms with Gasteiger partial charge in [0.15, 0.2) is 0 Å². The van der Waals surface area contributed by atoms with Crippen LogP contribution >= 0.6 is 0 Å². The van der Waals surface area contributed by atoms with Gasteiger partial charge in [-0.05, 0) is 25.0 Å². The van der Waals surface area contributed by atoms with E-state index in [9.17, 15) is 0 Å². The van der Waals surface area contributed by atoms with Crippen LogP contribution in [0.25, 0.3) is 0 Å². The summed E-state index contributed by atoms with van der Waals surface area (Å²) in [5.74, 6) is 0.779. The SMILES string of the molecule is COc1ccc(C#N)c(N2CCCC2CN)c1. The lowest BCUT2D eigenvalue weighted by Gasteiger charge is -2.26. The summed E-state index contributed by atoms with van der Waals surface area (Å²) in [5, 5.41) is 9.15. The summed E-state index contributed by atoms with van der Waals surface area (Å²) in [6.07, 6.45) is 2.22. The van der Waals surface area contributed by atoms with Gasteiger partial charge in [0, 0.05) is 25.2 Å². The first-order valence-corrected chi connectivity index (χ1v) is 5.85. The number of hydrogen-bond acceptors (Lipinski definition) is 4. The normalized spacial score (nSPS) is 19.1. The molecule has 4 nitrogen and oxygen atoms in total. The molecule has 1 fully saturated rings. The predicted molar refractivity (Wildman–Crippen MR) is 67.1 cm³/mol. The lowest BCUT2D eigenvalue weighted by atomic mass is 10.1. The second-order valence-electron chi connectivity index (χ2n) is 4.22. The van der Waals surface area contributed by atoms with Gasteiger partial charge in [-0.15, -0.1) is 0 Å². The first kappa shape index (κ1) is 11.7. The number of methoxy groups -OCH3 is 1. The summed E-state index contributed by atoms with van der Waals surface area (Å²) in [7, 11) is 1.63. The van der Waals surface area contributed by atoms with Gasteiger partial charge in [-0.25, -0.2) is 0 Å². The van der Waals surface area contributed by atoms with Crippen molar-refractivity contribution in [1.29, 1.82) is 5.26 Å². The molecule has 1 aliphatic heterocycles. The molecule has 0 saturated carbocycles. The summed E-state index contributed by atoms with van der Waals surface area (Å²) in [5.41, 5.74) is 7.40. The van der Waals surface area contributed by atoms with Crippen molar-refractivity contribution in [2.24, 2.45) is 5.73 Å². The Morgan fingerprint density at radius 1 is 1.59 bits per heavy atom. The molecule has 1 aliphatic rings. The molecule has 90 valence electrons. The van der Waals surface area contributed by atoms with Gasteiger partial charge >= 0.3 is 0 Å². The van der Waals surface area contributed by atoms with Crippen LogP contribution in [-0.2, 0) is 0 Å². The van der Waals surface area contributed by atoms with Crippen LogP contribution in [0.4, 0.5) is 5.69 Å². The highest BCUT2D eigenvalue weighted by Gasteiger charge is 2.25. The van der Waals surface area contributed by atoms with E-state index in [2.05, 4.69) is 11.0 Å². The molecular weight excluding hydrogens is 214 g/mol. The van der Waals surface area contributed by atoms with E-state index < -0.39 is 0 Å². The van der Waals surface area contributed by atoms with E-state index in [0.717, 1.165) is 30.8 Å². The fourth-order valence-electron chi connectivity index (χ4n) is 2.37. The molecule has 0 bridgehead atoms. The Bertz CT molecular complexity index is 439. The Balaban J connectivity index is 2.38. The average molecular weight is 231 g/mol. The fraction of sp³-hybridized carbons (Fsp3) is 0.462. The zero-order valence-electron chi connectivity index (χ0n) is 10.0. The number of anilines is 1. The predicted octanol–water partition coefficient (Wildman–Crippen LogP) is 1.49. The quantitative estimate of drug-likeness (QED) is 0.856. The molecule has 1 atom stereocenters. The van der Waals surface area contributed by atoms with Crippen LogP contribution in [0.2, 0.25) is 0 Å². The van der Waals surface area contributed by atoms with Crippen LogP contribution in [0.3, 0.4) is 0 Å². The van der Waals surface area contributed by atoms with Gasteiger partial charge in [-0.2, -0.15) is 5.26 Å². The van der Waals surface area contributed by atoms with Gasteiger partial charge in [0.1, 0.15) is 11.8 Å². The molecule has 0 aromatic heterocycles. The van der Waals surface area contributed by atoms with Crippen molar-refractivity contribution in [2.75, 3.05) is 25.1 Å². The highest BCUT2D eigenvalue weighted by atomic mass is 16.5. The van der Waals surface area contributed by atoms with Gasteiger partial charge in [-0.1, -0.05) is 0 Å². The average Bonchev–Trinajstić information content (AvgIpc) is 2.86. The van der Waals surface area contributed by atoms with Gasteiger partial charge in [0.25, 0.3) is 0 Å². The summed E-state index contributed by atoms with van der Waals surface area (Å²) in [4.78, 5) is 2.22. The van der Waals surface area contributed by atoms with Crippen LogP contribution < -0.4 is 15.4 Å². The standard InChI is InChI=1S/C13H17N3O/c1-17-12-5-4-10(8-14)13(7-12)16-6-2-3-11(16)9-15/h4-5,7,11H,2-3,6,9,15H2,1H3. The maximum absolute atomic E-state index is 9.15. The van der Waals surface area contributed by atoms with Crippen molar-refractivity contribution >= 4 is 5.69 Å². The van der Waals surface area contributed by atoms with Gasteiger partial charge < -0.3 is 15.4 Å². The number of nitrogens with zero attached hydrogens (tertiary/aromatic N) is 2. The third-order valence-corrected chi connectivity index (χ3v) is 3.28. The van der Waals surface area contributed by atoms with Crippen LogP contribution in [0.15, 0.2) is 18.2 Å². The summed E-state index contributed by atoms with van der Waals surface area (Å²) in [6.45, 7) is 1.59.